The third-order valence-electron chi connectivity index (χ3n) is 4.53. The van der Waals surface area contributed by atoms with Gasteiger partial charge < -0.3 is 10.6 Å². The van der Waals surface area contributed by atoms with Gasteiger partial charge >= 0.3 is 0 Å². The molecule has 4 rings (SSSR count). The Bertz CT molecular complexity index is 857. The fraction of sp³-hybridized carbons (Fsp3) is 0.136. The molecule has 0 bridgehead atoms. The van der Waals surface area contributed by atoms with E-state index in [0.29, 0.717) is 0 Å². The van der Waals surface area contributed by atoms with Gasteiger partial charge in [0.1, 0.15) is 0 Å². The quantitative estimate of drug-likeness (QED) is 0.748. The van der Waals surface area contributed by atoms with E-state index in [-0.39, 0.29) is 5.92 Å². The molecule has 1 aliphatic heterocycles. The second-order valence-corrected chi connectivity index (χ2v) is 6.20. The van der Waals surface area contributed by atoms with Gasteiger partial charge in [0.25, 0.3) is 0 Å². The molecule has 0 saturated carbocycles. The summed E-state index contributed by atoms with van der Waals surface area (Å²) in [4.78, 5) is 4.81. The van der Waals surface area contributed by atoms with Gasteiger partial charge in [-0.25, -0.2) is 0 Å². The van der Waals surface area contributed by atoms with Crippen LogP contribution in [0.4, 0.5) is 5.69 Å². The molecular weight excluding hydrogens is 306 g/mol. The lowest BCUT2D eigenvalue weighted by molar-refractivity contribution is 0.817. The largest absolute Gasteiger partial charge is 0.352 e. The van der Waals surface area contributed by atoms with E-state index >= 15 is 0 Å². The molecule has 0 fully saturated rings. The summed E-state index contributed by atoms with van der Waals surface area (Å²) in [5.41, 5.74) is 4.94. The van der Waals surface area contributed by atoms with E-state index in [2.05, 4.69) is 89.5 Å². The van der Waals surface area contributed by atoms with Crippen molar-refractivity contribution in [2.24, 2.45) is 4.99 Å². The van der Waals surface area contributed by atoms with E-state index < -0.39 is 0 Å². The lowest BCUT2D eigenvalue weighted by atomic mass is 9.90. The van der Waals surface area contributed by atoms with Crippen molar-refractivity contribution in [1.82, 2.24) is 5.32 Å². The van der Waals surface area contributed by atoms with Gasteiger partial charge in [0.2, 0.25) is 0 Å². The minimum absolute atomic E-state index is 0.265. The Labute approximate surface area is 148 Å². The van der Waals surface area contributed by atoms with E-state index in [4.69, 9.17) is 4.99 Å². The minimum Gasteiger partial charge on any atom is -0.352 e. The molecular formula is C22H21N3. The molecule has 3 aromatic carbocycles. The Morgan fingerprint density at radius 2 is 1.52 bits per heavy atom. The molecule has 0 aromatic heterocycles. The Hall–Kier alpha value is -3.07. The van der Waals surface area contributed by atoms with Crippen molar-refractivity contribution in [3.05, 3.63) is 102 Å². The van der Waals surface area contributed by atoms with Gasteiger partial charge in [0.15, 0.2) is 5.96 Å². The zero-order chi connectivity index (χ0) is 16.9. The van der Waals surface area contributed by atoms with Gasteiger partial charge in [-0.05, 0) is 22.8 Å². The Morgan fingerprint density at radius 1 is 0.840 bits per heavy atom. The van der Waals surface area contributed by atoms with Crippen molar-refractivity contribution >= 4 is 11.6 Å². The monoisotopic (exact) mass is 327 g/mol. The molecule has 0 saturated heterocycles. The molecule has 3 heteroatoms. The van der Waals surface area contributed by atoms with E-state index in [9.17, 15) is 0 Å². The molecule has 0 spiro atoms. The summed E-state index contributed by atoms with van der Waals surface area (Å²) in [5.74, 6) is 1.09. The summed E-state index contributed by atoms with van der Waals surface area (Å²) < 4.78 is 0. The number of para-hydroxylation sites is 1. The maximum atomic E-state index is 4.81. The first kappa shape index (κ1) is 15.5. The van der Waals surface area contributed by atoms with Crippen LogP contribution in [0, 0.1) is 0 Å². The molecule has 124 valence electrons. The highest BCUT2D eigenvalue weighted by Gasteiger charge is 2.20. The standard InChI is InChI=1S/C22H21N3/c1-3-9-17(10-4-1)15-23-22-24-16-20(18-11-5-2-6-12-18)19-13-7-8-14-21(19)25-22/h1-14,20H,15-16H2,(H2,23,24,25). The molecule has 25 heavy (non-hydrogen) atoms. The number of guanidine groups is 1. The summed E-state index contributed by atoms with van der Waals surface area (Å²) >= 11 is 0. The first-order valence-electron chi connectivity index (χ1n) is 8.63. The van der Waals surface area contributed by atoms with Crippen molar-refractivity contribution < 1.29 is 0 Å². The molecule has 3 aromatic rings. The maximum absolute atomic E-state index is 4.81. The zero-order valence-corrected chi connectivity index (χ0v) is 14.0. The summed E-state index contributed by atoms with van der Waals surface area (Å²) in [6, 6.07) is 29.4. The number of benzene rings is 3. The van der Waals surface area contributed by atoms with Crippen LogP contribution in [-0.4, -0.2) is 12.5 Å². The van der Waals surface area contributed by atoms with Gasteiger partial charge in [-0.1, -0.05) is 78.9 Å². The van der Waals surface area contributed by atoms with Gasteiger partial charge in [-0.3, -0.25) is 4.99 Å². The molecule has 3 nitrogen and oxygen atoms in total. The third kappa shape index (κ3) is 3.56. The summed E-state index contributed by atoms with van der Waals surface area (Å²) in [6.07, 6.45) is 0. The highest BCUT2D eigenvalue weighted by atomic mass is 15.2. The predicted molar refractivity (Wildman–Crippen MR) is 104 cm³/mol. The SMILES string of the molecule is c1ccc(CNC2=NCC(c3ccccc3)c3ccccc3N2)cc1. The van der Waals surface area contributed by atoms with Crippen LogP contribution in [0.2, 0.25) is 0 Å². The lowest BCUT2D eigenvalue weighted by Gasteiger charge is -2.17. The summed E-state index contributed by atoms with van der Waals surface area (Å²) in [5, 5.41) is 6.90. The molecule has 0 aliphatic carbocycles. The van der Waals surface area contributed by atoms with Crippen LogP contribution >= 0.6 is 0 Å². The van der Waals surface area contributed by atoms with E-state index in [0.717, 1.165) is 24.7 Å². The van der Waals surface area contributed by atoms with Crippen LogP contribution in [-0.2, 0) is 6.54 Å². The fourth-order valence-corrected chi connectivity index (χ4v) is 3.21. The number of aliphatic imine (C=N–C) groups is 1. The van der Waals surface area contributed by atoms with Crippen LogP contribution in [0.25, 0.3) is 0 Å². The second-order valence-electron chi connectivity index (χ2n) is 6.20. The van der Waals surface area contributed by atoms with Gasteiger partial charge in [-0.2, -0.15) is 0 Å². The van der Waals surface area contributed by atoms with E-state index in [1.807, 2.05) is 6.07 Å². The average Bonchev–Trinajstić information content (AvgIpc) is 2.87. The Kier molecular flexibility index (Phi) is 4.46. The highest BCUT2D eigenvalue weighted by Crippen LogP contribution is 2.32. The zero-order valence-electron chi connectivity index (χ0n) is 14.0. The van der Waals surface area contributed by atoms with Crippen LogP contribution < -0.4 is 10.6 Å². The number of rotatable bonds is 3. The van der Waals surface area contributed by atoms with Crippen LogP contribution in [0.1, 0.15) is 22.6 Å². The normalized spacial score (nSPS) is 16.2. The molecule has 1 aliphatic rings. The summed E-state index contributed by atoms with van der Waals surface area (Å²) in [7, 11) is 0. The van der Waals surface area contributed by atoms with Gasteiger partial charge in [0, 0.05) is 18.2 Å². The first-order valence-corrected chi connectivity index (χ1v) is 8.63. The number of hydrogen-bond acceptors (Lipinski definition) is 3. The molecule has 1 heterocycles. The number of fused-ring (bicyclic) bond motifs is 1. The van der Waals surface area contributed by atoms with E-state index in [1.54, 1.807) is 0 Å². The smallest absolute Gasteiger partial charge is 0.196 e. The third-order valence-corrected chi connectivity index (χ3v) is 4.53. The topological polar surface area (TPSA) is 36.4 Å². The van der Waals surface area contributed by atoms with Crippen molar-refractivity contribution in [3.63, 3.8) is 0 Å². The van der Waals surface area contributed by atoms with Crippen molar-refractivity contribution in [3.8, 4) is 0 Å². The number of nitrogens with one attached hydrogen (secondary N) is 2. The van der Waals surface area contributed by atoms with Crippen LogP contribution in [0.3, 0.4) is 0 Å². The number of hydrogen-bond donors (Lipinski definition) is 2. The first-order chi connectivity index (χ1) is 12.4. The Morgan fingerprint density at radius 3 is 2.32 bits per heavy atom. The van der Waals surface area contributed by atoms with Crippen LogP contribution in [0.15, 0.2) is 89.9 Å². The molecule has 0 radical (unpaired) electrons. The second kappa shape index (κ2) is 7.22. The fourth-order valence-electron chi connectivity index (χ4n) is 3.21. The molecule has 2 N–H and O–H groups in total. The van der Waals surface area contributed by atoms with E-state index in [1.165, 1.54) is 16.7 Å². The lowest BCUT2D eigenvalue weighted by Crippen LogP contribution is -2.30. The van der Waals surface area contributed by atoms with Gasteiger partial charge in [0.05, 0.1) is 6.54 Å². The van der Waals surface area contributed by atoms with Crippen molar-refractivity contribution in [2.45, 2.75) is 12.5 Å². The van der Waals surface area contributed by atoms with Crippen LogP contribution in [0.5, 0.6) is 0 Å². The van der Waals surface area contributed by atoms with Crippen molar-refractivity contribution in [2.75, 3.05) is 11.9 Å². The molecule has 1 unspecified atom stereocenters. The number of anilines is 1. The summed E-state index contributed by atoms with van der Waals surface area (Å²) in [6.45, 7) is 1.48. The molecule has 0 amide bonds. The number of nitrogens with zero attached hydrogens (tertiary/aromatic N) is 1. The van der Waals surface area contributed by atoms with Crippen molar-refractivity contribution in [1.29, 1.82) is 0 Å². The molecule has 1 atom stereocenters. The highest BCUT2D eigenvalue weighted by molar-refractivity contribution is 5.95. The van der Waals surface area contributed by atoms with Gasteiger partial charge in [-0.15, -0.1) is 0 Å². The maximum Gasteiger partial charge on any atom is 0.196 e. The predicted octanol–water partition coefficient (Wildman–Crippen LogP) is 4.39. The minimum atomic E-state index is 0.265. The average molecular weight is 327 g/mol. The Balaban J connectivity index is 1.59.